The zero-order chi connectivity index (χ0) is 61.8. The molecule has 1 aliphatic carbocycles. The molecule has 0 atom stereocenters. The Kier molecular flexibility index (Phi) is 20.7. The van der Waals surface area contributed by atoms with Crippen LogP contribution in [0.4, 0.5) is 17.1 Å². The Morgan fingerprint density at radius 2 is 0.824 bits per heavy atom. The van der Waals surface area contributed by atoms with E-state index in [9.17, 15) is 0 Å². The monoisotopic (exact) mass is 1140 g/mol. The Morgan fingerprint density at radius 1 is 0.412 bits per heavy atom. The average molecular weight is 1140 g/mol. The molecule has 0 spiro atoms. The SMILES string of the molecule is CCCCCCCCC(C)(C)c1ccc(C2=C[C+](C(C)(C)C)C=C3C2=Nc2c(cc4c(c2-c2ccc(C(C)(C)CCCCCCCC)cc2)[N-]c2c(-c5ccc(C(C)(C)CCCCCCCC)cc5)cc(C(C)(C)C)cc2C4(C)C)C3(C)C)cc1. The van der Waals surface area contributed by atoms with Crippen molar-refractivity contribution in [3.05, 3.63) is 164 Å². The number of aliphatic imine (C=N–C) groups is 1. The molecule has 2 heteroatoms. The van der Waals surface area contributed by atoms with Crippen molar-refractivity contribution in [3.8, 4) is 22.3 Å². The van der Waals surface area contributed by atoms with Crippen molar-refractivity contribution in [3.63, 3.8) is 0 Å². The maximum atomic E-state index is 6.12. The highest BCUT2D eigenvalue weighted by Crippen LogP contribution is 2.63. The van der Waals surface area contributed by atoms with Crippen LogP contribution in [-0.4, -0.2) is 5.71 Å². The van der Waals surface area contributed by atoms with E-state index in [0.717, 1.165) is 28.3 Å². The van der Waals surface area contributed by atoms with Crippen LogP contribution in [0.2, 0.25) is 0 Å². The van der Waals surface area contributed by atoms with Crippen molar-refractivity contribution in [1.82, 2.24) is 0 Å². The number of allylic oxidation sites excluding steroid dienone is 4. The summed E-state index contributed by atoms with van der Waals surface area (Å²) in [5, 5.41) is 6.12. The highest BCUT2D eigenvalue weighted by Gasteiger charge is 2.49. The minimum Gasteiger partial charge on any atom is -0.656 e. The van der Waals surface area contributed by atoms with E-state index in [1.165, 1.54) is 213 Å². The fourth-order valence-corrected chi connectivity index (χ4v) is 14.2. The third kappa shape index (κ3) is 14.8. The van der Waals surface area contributed by atoms with Crippen molar-refractivity contribution < 1.29 is 0 Å². The summed E-state index contributed by atoms with van der Waals surface area (Å²) in [5.41, 5.74) is 21.7. The van der Waals surface area contributed by atoms with E-state index in [0.29, 0.717) is 0 Å². The molecule has 0 aromatic heterocycles. The number of benzene rings is 5. The molecule has 0 saturated heterocycles. The van der Waals surface area contributed by atoms with E-state index >= 15 is 0 Å². The van der Waals surface area contributed by atoms with Crippen LogP contribution in [0.5, 0.6) is 0 Å². The van der Waals surface area contributed by atoms with Crippen LogP contribution < -0.4 is 0 Å². The lowest BCUT2D eigenvalue weighted by Crippen LogP contribution is -2.34. The molecule has 0 radical (unpaired) electrons. The van der Waals surface area contributed by atoms with Gasteiger partial charge in [-0.2, -0.15) is 0 Å². The van der Waals surface area contributed by atoms with Gasteiger partial charge in [-0.25, -0.2) is 4.99 Å². The molecule has 458 valence electrons. The largest absolute Gasteiger partial charge is 0.656 e. The molecular formula is C83H116N2. The third-order valence-electron chi connectivity index (χ3n) is 20.7. The first-order valence-corrected chi connectivity index (χ1v) is 34.4. The molecule has 0 unspecified atom stereocenters. The van der Waals surface area contributed by atoms with Gasteiger partial charge in [0, 0.05) is 22.0 Å². The lowest BCUT2D eigenvalue weighted by molar-refractivity contribution is 0.442. The first kappa shape index (κ1) is 65.9. The number of nitrogens with zero attached hydrogens (tertiary/aromatic N) is 2. The molecule has 85 heavy (non-hydrogen) atoms. The molecule has 0 N–H and O–H groups in total. The van der Waals surface area contributed by atoms with Gasteiger partial charge in [-0.1, -0.05) is 302 Å². The second kappa shape index (κ2) is 26.7. The number of rotatable bonds is 27. The Hall–Kier alpha value is -5.08. The van der Waals surface area contributed by atoms with Crippen LogP contribution in [-0.2, 0) is 32.5 Å². The second-order valence-corrected chi connectivity index (χ2v) is 31.8. The fourth-order valence-electron chi connectivity index (χ4n) is 14.2. The third-order valence-corrected chi connectivity index (χ3v) is 20.7. The molecule has 5 aromatic carbocycles. The van der Waals surface area contributed by atoms with Crippen molar-refractivity contribution >= 4 is 28.3 Å². The predicted octanol–water partition coefficient (Wildman–Crippen LogP) is 26.4. The molecule has 0 amide bonds. The fraction of sp³-hybridized carbons (Fsp3) is 0.566. The minimum absolute atomic E-state index is 0.0623. The van der Waals surface area contributed by atoms with Crippen molar-refractivity contribution in [2.45, 2.75) is 299 Å². The van der Waals surface area contributed by atoms with Gasteiger partial charge in [0.15, 0.2) is 5.71 Å². The normalized spacial score (nSPS) is 15.8. The average Bonchev–Trinajstić information content (AvgIpc) is 0.719. The van der Waals surface area contributed by atoms with Gasteiger partial charge in [0.05, 0.1) is 34.7 Å². The lowest BCUT2D eigenvalue weighted by atomic mass is 9.63. The van der Waals surface area contributed by atoms with Crippen molar-refractivity contribution in [2.24, 2.45) is 10.4 Å². The van der Waals surface area contributed by atoms with E-state index in [4.69, 9.17) is 10.3 Å². The van der Waals surface area contributed by atoms with E-state index in [2.05, 4.69) is 235 Å². The molecule has 0 bridgehead atoms. The first-order chi connectivity index (χ1) is 40.1. The summed E-state index contributed by atoms with van der Waals surface area (Å²) < 4.78 is 0. The molecule has 8 rings (SSSR count). The van der Waals surface area contributed by atoms with E-state index < -0.39 is 0 Å². The summed E-state index contributed by atoms with van der Waals surface area (Å²) in [4.78, 5) is 6.12. The van der Waals surface area contributed by atoms with E-state index in [-0.39, 0.29) is 37.9 Å². The van der Waals surface area contributed by atoms with Gasteiger partial charge in [-0.15, -0.1) is 11.4 Å². The van der Waals surface area contributed by atoms with Crippen LogP contribution in [0.25, 0.3) is 33.1 Å². The van der Waals surface area contributed by atoms with Crippen molar-refractivity contribution in [1.29, 1.82) is 0 Å². The summed E-state index contributed by atoms with van der Waals surface area (Å²) in [7, 11) is 0. The van der Waals surface area contributed by atoms with Gasteiger partial charge in [0.25, 0.3) is 0 Å². The van der Waals surface area contributed by atoms with Crippen molar-refractivity contribution in [2.75, 3.05) is 0 Å². The Balaban J connectivity index is 1.29. The van der Waals surface area contributed by atoms with Crippen LogP contribution in [0.15, 0.2) is 114 Å². The van der Waals surface area contributed by atoms with Gasteiger partial charge in [0.2, 0.25) is 0 Å². The first-order valence-electron chi connectivity index (χ1n) is 34.4. The van der Waals surface area contributed by atoms with Crippen LogP contribution in [0, 0.1) is 11.3 Å². The number of hydrogen-bond acceptors (Lipinski definition) is 1. The summed E-state index contributed by atoms with van der Waals surface area (Å²) in [6.45, 7) is 45.7. The molecule has 2 nitrogen and oxygen atoms in total. The molecule has 3 aliphatic rings. The number of unbranched alkanes of at least 4 members (excludes halogenated alkanes) is 15. The standard InChI is InChI=1S/C83H116N2/c1-20-23-26-29-32-35-50-79(10,11)61-44-38-58(39-45-61)66-53-64(77(4,5)6)55-68-73(66)84-75-70(82(68,16)17)57-71-76(72(75)60-42-48-63(49-43-60)81(14,15)52-37-34-31-28-25-22-3)85-74-67(54-65(78(7,8)9)56-69(74)83(71,18)19)59-40-46-62(47-41-59)80(12,13)51-36-33-30-27-24-21-2/h38-49,53-57H,20-37,50-52H2,1-19H3. The maximum Gasteiger partial charge on any atom is 0.185 e. The van der Waals surface area contributed by atoms with E-state index in [1.54, 1.807) is 0 Å². The molecule has 0 fully saturated rings. The predicted molar refractivity (Wildman–Crippen MR) is 376 cm³/mol. The van der Waals surface area contributed by atoms with Crippen LogP contribution in [0.3, 0.4) is 0 Å². The Labute approximate surface area is 521 Å². The van der Waals surface area contributed by atoms with Gasteiger partial charge in [0.1, 0.15) is 5.57 Å². The van der Waals surface area contributed by atoms with Crippen LogP contribution in [0.1, 0.15) is 311 Å². The summed E-state index contributed by atoms with van der Waals surface area (Å²) in [5.74, 6) is 1.35. The maximum absolute atomic E-state index is 6.12. The lowest BCUT2D eigenvalue weighted by Gasteiger charge is -2.49. The Bertz CT molecular complexity index is 3140. The second-order valence-electron chi connectivity index (χ2n) is 31.8. The van der Waals surface area contributed by atoms with Crippen LogP contribution >= 0.6 is 0 Å². The molecule has 2 aliphatic heterocycles. The summed E-state index contributed by atoms with van der Waals surface area (Å²) in [6.07, 6.45) is 32.4. The molecular weight excluding hydrogens is 1020 g/mol. The van der Waals surface area contributed by atoms with Gasteiger partial charge in [-0.3, -0.25) is 0 Å². The minimum atomic E-state index is -0.385. The highest BCUT2D eigenvalue weighted by atomic mass is 14.9. The Morgan fingerprint density at radius 3 is 1.26 bits per heavy atom. The number of hydrogen-bond donors (Lipinski definition) is 0. The highest BCUT2D eigenvalue weighted by molar-refractivity contribution is 6.35. The van der Waals surface area contributed by atoms with E-state index in [1.807, 2.05) is 0 Å². The quantitative estimate of drug-likeness (QED) is 0.0370. The van der Waals surface area contributed by atoms with Gasteiger partial charge >= 0.3 is 0 Å². The topological polar surface area (TPSA) is 26.5 Å². The zero-order valence-electron chi connectivity index (χ0n) is 57.6. The summed E-state index contributed by atoms with van der Waals surface area (Å²) >= 11 is 0. The van der Waals surface area contributed by atoms with Gasteiger partial charge < -0.3 is 5.32 Å². The number of fused-ring (bicyclic) bond motifs is 4. The summed E-state index contributed by atoms with van der Waals surface area (Å²) in [6, 6.07) is 36.6. The van der Waals surface area contributed by atoms with Gasteiger partial charge in [-0.05, 0) is 132 Å². The zero-order valence-corrected chi connectivity index (χ0v) is 57.6. The molecule has 2 heterocycles. The molecule has 0 saturated carbocycles. The smallest absolute Gasteiger partial charge is 0.185 e. The molecule has 5 aromatic rings.